The largest absolute Gasteiger partial charge is 0.378 e. The van der Waals surface area contributed by atoms with Crippen LogP contribution in [0.4, 0.5) is 11.5 Å². The van der Waals surface area contributed by atoms with E-state index in [-0.39, 0.29) is 17.1 Å². The third kappa shape index (κ3) is 5.41. The average molecular weight is 410 g/mol. The summed E-state index contributed by atoms with van der Waals surface area (Å²) >= 11 is 5.77. The van der Waals surface area contributed by atoms with Gasteiger partial charge in [-0.25, -0.2) is 13.4 Å². The van der Waals surface area contributed by atoms with E-state index in [1.165, 1.54) is 24.3 Å². The maximum absolute atomic E-state index is 12.3. The summed E-state index contributed by atoms with van der Waals surface area (Å²) < 4.78 is 29.8. The summed E-state index contributed by atoms with van der Waals surface area (Å²) in [6.07, 6.45) is 1.53. The average Bonchev–Trinajstić information content (AvgIpc) is 2.68. The van der Waals surface area contributed by atoms with Crippen LogP contribution in [0.1, 0.15) is 6.42 Å². The highest BCUT2D eigenvalue weighted by atomic mass is 35.5. The number of amides is 1. The quantitative estimate of drug-likeness (QED) is 0.787. The number of nitrogens with zero attached hydrogens (tertiary/aromatic N) is 2. The fourth-order valence-corrected chi connectivity index (χ4v) is 4.03. The maximum atomic E-state index is 12.3. The lowest BCUT2D eigenvalue weighted by atomic mass is 10.3. The second-order valence-corrected chi connectivity index (χ2v) is 8.62. The Labute approximate surface area is 163 Å². The minimum absolute atomic E-state index is 0.146. The Morgan fingerprint density at radius 2 is 1.85 bits per heavy atom. The number of ether oxygens (including phenoxy) is 1. The molecule has 1 aromatic carbocycles. The van der Waals surface area contributed by atoms with Crippen LogP contribution in [-0.2, 0) is 19.4 Å². The van der Waals surface area contributed by atoms with Crippen molar-refractivity contribution in [3.8, 4) is 0 Å². The highest BCUT2D eigenvalue weighted by Gasteiger charge is 2.17. The first-order chi connectivity index (χ1) is 12.9. The number of morpholine rings is 1. The van der Waals surface area contributed by atoms with Crippen LogP contribution in [0.5, 0.6) is 0 Å². The van der Waals surface area contributed by atoms with Crippen LogP contribution < -0.4 is 10.2 Å². The van der Waals surface area contributed by atoms with Gasteiger partial charge < -0.3 is 15.0 Å². The maximum Gasteiger partial charge on any atom is 0.226 e. The molecule has 0 bridgehead atoms. The fourth-order valence-electron chi connectivity index (χ4n) is 2.66. The van der Waals surface area contributed by atoms with Gasteiger partial charge in [0.05, 0.1) is 35.7 Å². The van der Waals surface area contributed by atoms with Gasteiger partial charge in [-0.15, -0.1) is 0 Å². The second kappa shape index (κ2) is 8.69. The molecule has 1 aromatic heterocycles. The molecule has 27 heavy (non-hydrogen) atoms. The second-order valence-electron chi connectivity index (χ2n) is 6.07. The highest BCUT2D eigenvalue weighted by molar-refractivity contribution is 7.91. The number of anilines is 2. The number of sulfone groups is 1. The van der Waals surface area contributed by atoms with Gasteiger partial charge >= 0.3 is 0 Å². The van der Waals surface area contributed by atoms with E-state index in [2.05, 4.69) is 15.2 Å². The fraction of sp³-hybridized carbons (Fsp3) is 0.333. The molecule has 7 nitrogen and oxygen atoms in total. The van der Waals surface area contributed by atoms with Crippen molar-refractivity contribution in [1.82, 2.24) is 4.98 Å². The Morgan fingerprint density at radius 3 is 2.48 bits per heavy atom. The molecule has 1 N–H and O–H groups in total. The monoisotopic (exact) mass is 409 g/mol. The van der Waals surface area contributed by atoms with E-state index in [9.17, 15) is 13.2 Å². The third-order valence-corrected chi connectivity index (χ3v) is 6.15. The molecule has 1 fully saturated rings. The van der Waals surface area contributed by atoms with Crippen LogP contribution in [0.25, 0.3) is 0 Å². The van der Waals surface area contributed by atoms with Crippen LogP contribution in [-0.4, -0.2) is 51.4 Å². The number of hydrogen-bond acceptors (Lipinski definition) is 6. The summed E-state index contributed by atoms with van der Waals surface area (Å²) in [6, 6.07) is 9.46. The van der Waals surface area contributed by atoms with Crippen molar-refractivity contribution in [2.45, 2.75) is 11.3 Å². The van der Waals surface area contributed by atoms with E-state index >= 15 is 0 Å². The van der Waals surface area contributed by atoms with E-state index in [4.69, 9.17) is 16.3 Å². The Balaban J connectivity index is 1.53. The molecule has 0 saturated carbocycles. The van der Waals surface area contributed by atoms with Crippen molar-refractivity contribution in [3.63, 3.8) is 0 Å². The topological polar surface area (TPSA) is 88.6 Å². The molecule has 0 atom stereocenters. The van der Waals surface area contributed by atoms with E-state index < -0.39 is 15.7 Å². The Hall–Kier alpha value is -2.16. The number of carbonyl (C=O) groups excluding carboxylic acids is 1. The molecule has 2 heterocycles. The molecule has 144 valence electrons. The van der Waals surface area contributed by atoms with Crippen LogP contribution in [0.15, 0.2) is 47.5 Å². The van der Waals surface area contributed by atoms with E-state index in [0.29, 0.717) is 24.1 Å². The minimum atomic E-state index is -3.54. The molecule has 9 heteroatoms. The van der Waals surface area contributed by atoms with Gasteiger partial charge in [0.25, 0.3) is 0 Å². The normalized spacial score (nSPS) is 14.8. The number of aromatic nitrogens is 1. The number of nitrogens with one attached hydrogen (secondary N) is 1. The van der Waals surface area contributed by atoms with Crippen molar-refractivity contribution in [2.24, 2.45) is 0 Å². The Bertz CT molecular complexity index is 880. The van der Waals surface area contributed by atoms with Gasteiger partial charge in [0.15, 0.2) is 9.84 Å². The molecule has 3 rings (SSSR count). The predicted octanol–water partition coefficient (Wildman–Crippen LogP) is 2.37. The molecule has 1 aliphatic rings. The first kappa shape index (κ1) is 19.6. The van der Waals surface area contributed by atoms with Gasteiger partial charge in [-0.05, 0) is 36.4 Å². The van der Waals surface area contributed by atoms with Crippen molar-refractivity contribution in [2.75, 3.05) is 42.3 Å². The summed E-state index contributed by atoms with van der Waals surface area (Å²) in [5, 5.41) is 3.08. The summed E-state index contributed by atoms with van der Waals surface area (Å²) in [7, 11) is -3.54. The van der Waals surface area contributed by atoms with Gasteiger partial charge in [0, 0.05) is 24.5 Å². The molecule has 1 amide bonds. The van der Waals surface area contributed by atoms with Crippen molar-refractivity contribution in [3.05, 3.63) is 47.6 Å². The number of rotatable bonds is 6. The SMILES string of the molecule is O=C(CCS(=O)(=O)c1ccc(Cl)cc1)Nc1ccc(N2CCOCC2)cn1. The van der Waals surface area contributed by atoms with Crippen LogP contribution >= 0.6 is 11.6 Å². The van der Waals surface area contributed by atoms with Gasteiger partial charge in [-0.3, -0.25) is 4.79 Å². The van der Waals surface area contributed by atoms with Gasteiger partial charge in [0.1, 0.15) is 5.82 Å². The molecular formula is C18H20ClN3O4S. The summed E-state index contributed by atoms with van der Waals surface area (Å²) in [5.74, 6) is -0.299. The van der Waals surface area contributed by atoms with E-state index in [0.717, 1.165) is 18.8 Å². The van der Waals surface area contributed by atoms with Crippen molar-refractivity contribution in [1.29, 1.82) is 0 Å². The minimum Gasteiger partial charge on any atom is -0.378 e. The van der Waals surface area contributed by atoms with Gasteiger partial charge in [-0.1, -0.05) is 11.6 Å². The summed E-state index contributed by atoms with van der Waals surface area (Å²) in [4.78, 5) is 18.6. The number of carbonyl (C=O) groups is 1. The van der Waals surface area contributed by atoms with Crippen molar-refractivity contribution >= 4 is 38.9 Å². The lowest BCUT2D eigenvalue weighted by Gasteiger charge is -2.28. The molecule has 1 saturated heterocycles. The zero-order valence-electron chi connectivity index (χ0n) is 14.6. The predicted molar refractivity (Wildman–Crippen MR) is 104 cm³/mol. The first-order valence-electron chi connectivity index (χ1n) is 8.51. The number of pyridine rings is 1. The van der Waals surface area contributed by atoms with Crippen LogP contribution in [0.3, 0.4) is 0 Å². The third-order valence-electron chi connectivity index (χ3n) is 4.16. The Kier molecular flexibility index (Phi) is 6.30. The van der Waals surface area contributed by atoms with Gasteiger partial charge in [-0.2, -0.15) is 0 Å². The molecule has 0 aliphatic carbocycles. The molecule has 2 aromatic rings. The lowest BCUT2D eigenvalue weighted by Crippen LogP contribution is -2.36. The smallest absolute Gasteiger partial charge is 0.226 e. The Morgan fingerprint density at radius 1 is 1.15 bits per heavy atom. The molecular weight excluding hydrogens is 390 g/mol. The zero-order chi connectivity index (χ0) is 19.3. The molecule has 1 aliphatic heterocycles. The number of benzene rings is 1. The number of hydrogen-bond donors (Lipinski definition) is 1. The molecule has 0 radical (unpaired) electrons. The van der Waals surface area contributed by atoms with E-state index in [1.807, 2.05) is 6.07 Å². The lowest BCUT2D eigenvalue weighted by molar-refractivity contribution is -0.115. The standard InChI is InChI=1S/C18H20ClN3O4S/c19-14-1-4-16(5-2-14)27(24,25)12-7-18(23)21-17-6-3-15(13-20-17)22-8-10-26-11-9-22/h1-6,13H,7-12H2,(H,20,21,23). The molecule has 0 spiro atoms. The highest BCUT2D eigenvalue weighted by Crippen LogP contribution is 2.18. The van der Waals surface area contributed by atoms with Crippen LogP contribution in [0.2, 0.25) is 5.02 Å². The van der Waals surface area contributed by atoms with Crippen LogP contribution in [0, 0.1) is 0 Å². The van der Waals surface area contributed by atoms with E-state index in [1.54, 1.807) is 12.3 Å². The summed E-state index contributed by atoms with van der Waals surface area (Å²) in [5.41, 5.74) is 0.960. The zero-order valence-corrected chi connectivity index (χ0v) is 16.2. The van der Waals surface area contributed by atoms with Crippen molar-refractivity contribution < 1.29 is 17.9 Å². The first-order valence-corrected chi connectivity index (χ1v) is 10.5. The number of halogens is 1. The van der Waals surface area contributed by atoms with Gasteiger partial charge in [0.2, 0.25) is 5.91 Å². The molecule has 0 unspecified atom stereocenters. The summed E-state index contributed by atoms with van der Waals surface area (Å²) in [6.45, 7) is 2.97.